The van der Waals surface area contributed by atoms with Crippen LogP contribution in [-0.4, -0.2) is 25.5 Å². The van der Waals surface area contributed by atoms with Crippen LogP contribution in [-0.2, 0) is 0 Å². The second-order valence-electron chi connectivity index (χ2n) is 5.25. The molecule has 2 heterocycles. The summed E-state index contributed by atoms with van der Waals surface area (Å²) in [5, 5.41) is 3.94. The Morgan fingerprint density at radius 3 is 3.05 bits per heavy atom. The fourth-order valence-corrected chi connectivity index (χ4v) is 3.50. The zero-order valence-electron chi connectivity index (χ0n) is 11.7. The van der Waals surface area contributed by atoms with Crippen LogP contribution in [0.15, 0.2) is 6.07 Å². The van der Waals surface area contributed by atoms with Gasteiger partial charge in [-0.25, -0.2) is 0 Å². The average molecular weight is 281 g/mol. The first-order valence-electron chi connectivity index (χ1n) is 7.04. The molecule has 19 heavy (non-hydrogen) atoms. The molecular weight excluding hydrogens is 258 g/mol. The largest absolute Gasteiger partial charge is 0.397 e. The number of nitrogens with zero attached hydrogens (tertiary/aromatic N) is 1. The summed E-state index contributed by atoms with van der Waals surface area (Å²) in [5.41, 5.74) is 6.57. The van der Waals surface area contributed by atoms with Crippen molar-refractivity contribution in [1.82, 2.24) is 5.32 Å². The number of amides is 1. The number of hydrogen-bond donors (Lipinski definition) is 2. The van der Waals surface area contributed by atoms with Crippen LogP contribution >= 0.6 is 11.3 Å². The lowest BCUT2D eigenvalue weighted by Crippen LogP contribution is -2.23. The van der Waals surface area contributed by atoms with Crippen molar-refractivity contribution in [2.24, 2.45) is 5.92 Å². The van der Waals surface area contributed by atoms with Gasteiger partial charge in [-0.1, -0.05) is 6.92 Å². The molecule has 1 atom stereocenters. The summed E-state index contributed by atoms with van der Waals surface area (Å²) < 4.78 is 0. The number of carbonyl (C=O) groups is 1. The topological polar surface area (TPSA) is 58.4 Å². The lowest BCUT2D eigenvalue weighted by molar-refractivity contribution is 0.0960. The van der Waals surface area contributed by atoms with Crippen LogP contribution < -0.4 is 16.0 Å². The van der Waals surface area contributed by atoms with E-state index in [2.05, 4.69) is 17.1 Å². The molecule has 1 aliphatic rings. The number of carbonyl (C=O) groups excluding carboxylic acids is 1. The van der Waals surface area contributed by atoms with E-state index in [9.17, 15) is 4.79 Å². The van der Waals surface area contributed by atoms with Crippen molar-refractivity contribution in [3.63, 3.8) is 0 Å². The Morgan fingerprint density at radius 1 is 1.53 bits per heavy atom. The first kappa shape index (κ1) is 14.2. The van der Waals surface area contributed by atoms with E-state index >= 15 is 0 Å². The highest BCUT2D eigenvalue weighted by Gasteiger charge is 2.19. The van der Waals surface area contributed by atoms with Crippen LogP contribution in [0.25, 0.3) is 0 Å². The van der Waals surface area contributed by atoms with Gasteiger partial charge in [-0.3, -0.25) is 4.79 Å². The third kappa shape index (κ3) is 3.41. The maximum Gasteiger partial charge on any atom is 0.263 e. The fraction of sp³-hybridized carbons (Fsp3) is 0.643. The predicted molar refractivity (Wildman–Crippen MR) is 82.0 cm³/mol. The molecule has 5 heteroatoms. The van der Waals surface area contributed by atoms with Crippen LogP contribution in [0.2, 0.25) is 0 Å². The molecule has 1 aromatic rings. The predicted octanol–water partition coefficient (Wildman–Crippen LogP) is 2.71. The van der Waals surface area contributed by atoms with E-state index in [1.807, 2.05) is 13.0 Å². The Hall–Kier alpha value is -1.23. The number of anilines is 2. The maximum absolute atomic E-state index is 11.9. The highest BCUT2D eigenvalue weighted by Crippen LogP contribution is 2.33. The smallest absolute Gasteiger partial charge is 0.263 e. The molecule has 1 aliphatic heterocycles. The van der Waals surface area contributed by atoms with Gasteiger partial charge >= 0.3 is 0 Å². The lowest BCUT2D eigenvalue weighted by Gasteiger charge is -2.20. The van der Waals surface area contributed by atoms with Crippen molar-refractivity contribution < 1.29 is 4.79 Å². The van der Waals surface area contributed by atoms with Crippen LogP contribution in [0, 0.1) is 5.92 Å². The number of nitrogens with two attached hydrogens (primary N) is 1. The third-order valence-corrected chi connectivity index (χ3v) is 4.83. The standard InChI is InChI=1S/C14H23N3OS/c1-3-16-14(18)13-11(15)9-12(19-13)17-7-4-5-10(2)6-8-17/h9-10H,3-8,15H2,1-2H3,(H,16,18). The molecule has 0 spiro atoms. The molecule has 1 unspecified atom stereocenters. The minimum Gasteiger partial charge on any atom is -0.397 e. The Balaban J connectivity index is 2.12. The number of hydrogen-bond acceptors (Lipinski definition) is 4. The van der Waals surface area contributed by atoms with Crippen molar-refractivity contribution >= 4 is 27.9 Å². The highest BCUT2D eigenvalue weighted by molar-refractivity contribution is 7.18. The summed E-state index contributed by atoms with van der Waals surface area (Å²) in [6.45, 7) is 6.99. The van der Waals surface area contributed by atoms with Gasteiger partial charge in [0.2, 0.25) is 0 Å². The highest BCUT2D eigenvalue weighted by atomic mass is 32.1. The molecule has 4 nitrogen and oxygen atoms in total. The van der Waals surface area contributed by atoms with Gasteiger partial charge in [0, 0.05) is 19.6 Å². The van der Waals surface area contributed by atoms with Gasteiger partial charge in [0.05, 0.1) is 10.7 Å². The lowest BCUT2D eigenvalue weighted by atomic mass is 10.0. The normalized spacial score (nSPS) is 20.1. The van der Waals surface area contributed by atoms with Gasteiger partial charge < -0.3 is 16.0 Å². The Bertz CT molecular complexity index is 444. The molecule has 0 saturated carbocycles. The van der Waals surface area contributed by atoms with Crippen LogP contribution in [0.3, 0.4) is 0 Å². The van der Waals surface area contributed by atoms with E-state index in [-0.39, 0.29) is 5.91 Å². The summed E-state index contributed by atoms with van der Waals surface area (Å²) >= 11 is 1.51. The number of thiophene rings is 1. The molecule has 0 aromatic carbocycles. The molecule has 1 aromatic heterocycles. The number of nitrogen functional groups attached to an aromatic ring is 1. The van der Waals surface area contributed by atoms with Crippen molar-refractivity contribution in [2.75, 3.05) is 30.3 Å². The minimum atomic E-state index is -0.0561. The molecule has 2 rings (SSSR count). The third-order valence-electron chi connectivity index (χ3n) is 3.62. The molecule has 0 aliphatic carbocycles. The van der Waals surface area contributed by atoms with Crippen molar-refractivity contribution in [2.45, 2.75) is 33.1 Å². The SMILES string of the molecule is CCNC(=O)c1sc(N2CCCC(C)CC2)cc1N. The molecular formula is C14H23N3OS. The van der Waals surface area contributed by atoms with E-state index in [1.165, 1.54) is 30.6 Å². The molecule has 3 N–H and O–H groups in total. The van der Waals surface area contributed by atoms with E-state index in [0.717, 1.165) is 24.0 Å². The fourth-order valence-electron chi connectivity index (χ4n) is 2.45. The first-order valence-corrected chi connectivity index (χ1v) is 7.86. The van der Waals surface area contributed by atoms with E-state index in [1.54, 1.807) is 0 Å². The van der Waals surface area contributed by atoms with Gasteiger partial charge in [0.25, 0.3) is 5.91 Å². The second kappa shape index (κ2) is 6.28. The molecule has 106 valence electrons. The summed E-state index contributed by atoms with van der Waals surface area (Å²) in [4.78, 5) is 14.9. The van der Waals surface area contributed by atoms with Crippen molar-refractivity contribution in [3.8, 4) is 0 Å². The number of rotatable bonds is 3. The molecule has 1 fully saturated rings. The summed E-state index contributed by atoms with van der Waals surface area (Å²) in [5.74, 6) is 0.740. The molecule has 1 saturated heterocycles. The second-order valence-corrected chi connectivity index (χ2v) is 6.28. The zero-order valence-corrected chi connectivity index (χ0v) is 12.6. The summed E-state index contributed by atoms with van der Waals surface area (Å²) in [7, 11) is 0. The average Bonchev–Trinajstić information content (AvgIpc) is 2.62. The first-order chi connectivity index (χ1) is 9.11. The van der Waals surface area contributed by atoms with Crippen LogP contribution in [0.4, 0.5) is 10.7 Å². The maximum atomic E-state index is 11.9. The van der Waals surface area contributed by atoms with E-state index < -0.39 is 0 Å². The Kier molecular flexibility index (Phi) is 4.69. The van der Waals surface area contributed by atoms with Gasteiger partial charge in [-0.05, 0) is 38.2 Å². The van der Waals surface area contributed by atoms with Crippen LogP contribution in [0.1, 0.15) is 42.8 Å². The number of nitrogens with one attached hydrogen (secondary N) is 1. The molecule has 1 amide bonds. The van der Waals surface area contributed by atoms with Crippen LogP contribution in [0.5, 0.6) is 0 Å². The summed E-state index contributed by atoms with van der Waals surface area (Å²) in [6.07, 6.45) is 3.73. The van der Waals surface area contributed by atoms with Gasteiger partial charge in [0.15, 0.2) is 0 Å². The van der Waals surface area contributed by atoms with E-state index in [4.69, 9.17) is 5.73 Å². The Labute approximate surface area is 119 Å². The molecule has 0 bridgehead atoms. The van der Waals surface area contributed by atoms with Crippen molar-refractivity contribution in [1.29, 1.82) is 0 Å². The van der Waals surface area contributed by atoms with Gasteiger partial charge in [-0.2, -0.15) is 0 Å². The quantitative estimate of drug-likeness (QED) is 0.895. The summed E-state index contributed by atoms with van der Waals surface area (Å²) in [6, 6.07) is 1.95. The minimum absolute atomic E-state index is 0.0561. The molecule has 0 radical (unpaired) electrons. The van der Waals surface area contributed by atoms with E-state index in [0.29, 0.717) is 17.1 Å². The monoisotopic (exact) mass is 281 g/mol. The zero-order chi connectivity index (χ0) is 13.8. The Morgan fingerprint density at radius 2 is 2.32 bits per heavy atom. The van der Waals surface area contributed by atoms with Gasteiger partial charge in [-0.15, -0.1) is 11.3 Å². The van der Waals surface area contributed by atoms with Crippen molar-refractivity contribution in [3.05, 3.63) is 10.9 Å². The van der Waals surface area contributed by atoms with Gasteiger partial charge in [0.1, 0.15) is 4.88 Å².